The van der Waals surface area contributed by atoms with E-state index in [-0.39, 0.29) is 24.4 Å². The number of fused-ring (bicyclic) bond motifs is 1. The van der Waals surface area contributed by atoms with Crippen molar-refractivity contribution < 1.29 is 23.5 Å². The number of ether oxygens (including phenoxy) is 1. The topological polar surface area (TPSA) is 87.7 Å². The van der Waals surface area contributed by atoms with Gasteiger partial charge in [-0.15, -0.1) is 0 Å². The molecule has 9 heteroatoms. The number of carbonyl (C=O) groups is 3. The van der Waals surface area contributed by atoms with Crippen LogP contribution in [0.5, 0.6) is 0 Å². The number of halogens is 2. The Morgan fingerprint density at radius 2 is 1.87 bits per heavy atom. The number of likely N-dealkylation sites (tertiary alicyclic amines) is 1. The SMILES string of the molecule is O=C(Nc1cccc(Cl)c1)[C@@H]1[C@H]2C=C[C@]3(O2)[C@H](C(=O)NC2CCCCC2)N(Cc2ccccc2F)C(=O)[C@@H]13. The number of hydrogen-bond donors (Lipinski definition) is 2. The summed E-state index contributed by atoms with van der Waals surface area (Å²) in [5.41, 5.74) is -0.503. The van der Waals surface area contributed by atoms with E-state index in [0.717, 1.165) is 32.1 Å². The van der Waals surface area contributed by atoms with Crippen LogP contribution >= 0.6 is 11.6 Å². The van der Waals surface area contributed by atoms with Gasteiger partial charge in [0.1, 0.15) is 17.5 Å². The van der Waals surface area contributed by atoms with Crippen molar-refractivity contribution in [1.82, 2.24) is 10.2 Å². The lowest BCUT2D eigenvalue weighted by Crippen LogP contribution is -2.56. The Morgan fingerprint density at radius 3 is 2.63 bits per heavy atom. The number of nitrogens with zero attached hydrogens (tertiary/aromatic N) is 1. The van der Waals surface area contributed by atoms with Gasteiger partial charge >= 0.3 is 0 Å². The van der Waals surface area contributed by atoms with Crippen molar-refractivity contribution in [1.29, 1.82) is 0 Å². The summed E-state index contributed by atoms with van der Waals surface area (Å²) in [6.45, 7) is -0.100. The molecule has 3 heterocycles. The zero-order valence-electron chi connectivity index (χ0n) is 20.7. The third-order valence-corrected chi connectivity index (χ3v) is 8.50. The van der Waals surface area contributed by atoms with Gasteiger partial charge in [-0.25, -0.2) is 4.39 Å². The van der Waals surface area contributed by atoms with E-state index in [1.165, 1.54) is 11.0 Å². The largest absolute Gasteiger partial charge is 0.359 e. The summed E-state index contributed by atoms with van der Waals surface area (Å²) in [6.07, 6.45) is 7.83. The molecule has 3 aliphatic heterocycles. The van der Waals surface area contributed by atoms with Crippen LogP contribution in [0.1, 0.15) is 37.7 Å². The molecule has 1 spiro atoms. The monoisotopic (exact) mass is 537 g/mol. The first-order valence-corrected chi connectivity index (χ1v) is 13.5. The Kier molecular flexibility index (Phi) is 6.48. The highest BCUT2D eigenvalue weighted by Gasteiger charge is 2.72. The summed E-state index contributed by atoms with van der Waals surface area (Å²) >= 11 is 6.08. The standard InChI is InChI=1S/C29H29ClFN3O4/c30-18-8-6-11-20(15-18)33-26(35)23-22-13-14-29(38-22)24(23)28(37)34(16-17-7-4-5-12-21(17)31)25(29)27(36)32-19-9-2-1-3-10-19/h4-8,11-15,19,22-25H,1-3,9-10,16H2,(H,32,36)(H,33,35)/t22-,23-,24-,25+,29-/m1/s1. The predicted molar refractivity (Wildman–Crippen MR) is 140 cm³/mol. The van der Waals surface area contributed by atoms with E-state index in [9.17, 15) is 18.8 Å². The van der Waals surface area contributed by atoms with Crippen LogP contribution in [0, 0.1) is 17.7 Å². The summed E-state index contributed by atoms with van der Waals surface area (Å²) in [5, 5.41) is 6.46. The highest BCUT2D eigenvalue weighted by Crippen LogP contribution is 2.55. The minimum absolute atomic E-state index is 0.0154. The zero-order valence-corrected chi connectivity index (χ0v) is 21.5. The van der Waals surface area contributed by atoms with Gasteiger partial charge in [-0.3, -0.25) is 14.4 Å². The molecule has 7 nitrogen and oxygen atoms in total. The van der Waals surface area contributed by atoms with E-state index >= 15 is 0 Å². The summed E-state index contributed by atoms with van der Waals surface area (Å²) in [6, 6.07) is 12.0. The molecule has 198 valence electrons. The van der Waals surface area contributed by atoms with Crippen LogP contribution in [0.2, 0.25) is 5.02 Å². The van der Waals surface area contributed by atoms with Gasteiger partial charge in [-0.05, 0) is 37.1 Å². The molecule has 3 amide bonds. The Hall–Kier alpha value is -3.23. The van der Waals surface area contributed by atoms with Crippen LogP contribution < -0.4 is 10.6 Å². The fourth-order valence-electron chi connectivity index (χ4n) is 6.57. The number of nitrogens with one attached hydrogen (secondary N) is 2. The number of carbonyl (C=O) groups excluding carboxylic acids is 3. The Morgan fingerprint density at radius 1 is 1.08 bits per heavy atom. The van der Waals surface area contributed by atoms with E-state index in [2.05, 4.69) is 10.6 Å². The quantitative estimate of drug-likeness (QED) is 0.540. The summed E-state index contributed by atoms with van der Waals surface area (Å²) < 4.78 is 21.0. The molecule has 2 bridgehead atoms. The predicted octanol–water partition coefficient (Wildman–Crippen LogP) is 4.22. The van der Waals surface area contributed by atoms with Crippen LogP contribution in [0.4, 0.5) is 10.1 Å². The number of anilines is 1. The molecule has 5 atom stereocenters. The second-order valence-electron chi connectivity index (χ2n) is 10.6. The Balaban J connectivity index is 1.34. The normalized spacial score (nSPS) is 29.9. The highest BCUT2D eigenvalue weighted by molar-refractivity contribution is 6.30. The molecule has 4 aliphatic rings. The lowest BCUT2D eigenvalue weighted by Gasteiger charge is -2.34. The number of benzene rings is 2. The molecule has 2 saturated heterocycles. The zero-order chi connectivity index (χ0) is 26.4. The number of amides is 3. The lowest BCUT2D eigenvalue weighted by atomic mass is 9.74. The van der Waals surface area contributed by atoms with Crippen molar-refractivity contribution in [2.75, 3.05) is 5.32 Å². The van der Waals surface area contributed by atoms with Crippen molar-refractivity contribution in [2.45, 2.75) is 62.4 Å². The molecule has 6 rings (SSSR count). The van der Waals surface area contributed by atoms with Gasteiger partial charge in [-0.2, -0.15) is 0 Å². The maximum atomic E-state index is 14.7. The molecule has 1 aliphatic carbocycles. The lowest BCUT2D eigenvalue weighted by molar-refractivity contribution is -0.142. The first-order chi connectivity index (χ1) is 18.4. The molecular formula is C29H29ClFN3O4. The minimum atomic E-state index is -1.30. The van der Waals surface area contributed by atoms with E-state index in [1.807, 2.05) is 0 Å². The second-order valence-corrected chi connectivity index (χ2v) is 11.0. The van der Waals surface area contributed by atoms with E-state index in [0.29, 0.717) is 16.3 Å². The van der Waals surface area contributed by atoms with Crippen LogP contribution in [0.15, 0.2) is 60.7 Å². The van der Waals surface area contributed by atoms with Gasteiger partial charge in [0, 0.05) is 28.9 Å². The summed E-state index contributed by atoms with van der Waals surface area (Å²) in [5.74, 6) is -3.33. The average Bonchev–Trinajstić information content (AvgIpc) is 3.53. The van der Waals surface area contributed by atoms with E-state index in [4.69, 9.17) is 16.3 Å². The van der Waals surface area contributed by atoms with Crippen molar-refractivity contribution in [2.24, 2.45) is 11.8 Å². The molecule has 2 aromatic carbocycles. The van der Waals surface area contributed by atoms with Crippen molar-refractivity contribution in [3.05, 3.63) is 77.1 Å². The molecule has 2 aromatic rings. The van der Waals surface area contributed by atoms with E-state index in [1.54, 1.807) is 54.6 Å². The summed E-state index contributed by atoms with van der Waals surface area (Å²) in [7, 11) is 0. The van der Waals surface area contributed by atoms with Crippen LogP contribution in [-0.4, -0.2) is 46.4 Å². The molecular weight excluding hydrogens is 509 g/mol. The summed E-state index contributed by atoms with van der Waals surface area (Å²) in [4.78, 5) is 42.8. The Labute approximate surface area is 225 Å². The molecule has 0 radical (unpaired) electrons. The first-order valence-electron chi connectivity index (χ1n) is 13.2. The van der Waals surface area contributed by atoms with Gasteiger partial charge in [0.25, 0.3) is 0 Å². The molecule has 2 N–H and O–H groups in total. The van der Waals surface area contributed by atoms with Gasteiger partial charge in [-0.1, -0.05) is 67.3 Å². The van der Waals surface area contributed by atoms with Gasteiger partial charge in [0.2, 0.25) is 17.7 Å². The maximum absolute atomic E-state index is 14.7. The molecule has 0 aromatic heterocycles. The van der Waals surface area contributed by atoms with Crippen LogP contribution in [-0.2, 0) is 25.7 Å². The fraction of sp³-hybridized carbons (Fsp3) is 0.414. The van der Waals surface area contributed by atoms with Gasteiger partial charge in [0.15, 0.2) is 0 Å². The second kappa shape index (κ2) is 9.82. The average molecular weight is 538 g/mol. The van der Waals surface area contributed by atoms with Crippen LogP contribution in [0.3, 0.4) is 0 Å². The smallest absolute Gasteiger partial charge is 0.246 e. The maximum Gasteiger partial charge on any atom is 0.246 e. The molecule has 38 heavy (non-hydrogen) atoms. The molecule has 3 fully saturated rings. The van der Waals surface area contributed by atoms with Gasteiger partial charge < -0.3 is 20.3 Å². The van der Waals surface area contributed by atoms with Gasteiger partial charge in [0.05, 0.1) is 17.9 Å². The van der Waals surface area contributed by atoms with Crippen LogP contribution in [0.25, 0.3) is 0 Å². The van der Waals surface area contributed by atoms with Crippen molar-refractivity contribution >= 4 is 35.0 Å². The number of hydrogen-bond acceptors (Lipinski definition) is 4. The van der Waals surface area contributed by atoms with Crippen molar-refractivity contribution in [3.63, 3.8) is 0 Å². The minimum Gasteiger partial charge on any atom is -0.359 e. The third-order valence-electron chi connectivity index (χ3n) is 8.27. The number of rotatable bonds is 6. The Bertz CT molecular complexity index is 1310. The third kappa shape index (κ3) is 4.20. The fourth-order valence-corrected chi connectivity index (χ4v) is 6.76. The molecule has 1 saturated carbocycles. The first kappa shape index (κ1) is 25.1. The highest BCUT2D eigenvalue weighted by atomic mass is 35.5. The van der Waals surface area contributed by atoms with Crippen molar-refractivity contribution in [3.8, 4) is 0 Å². The van der Waals surface area contributed by atoms with E-state index < -0.39 is 41.3 Å². The molecule has 0 unspecified atom stereocenters.